The van der Waals surface area contributed by atoms with Gasteiger partial charge in [-0.3, -0.25) is 9.52 Å². The van der Waals surface area contributed by atoms with Crippen LogP contribution >= 0.6 is 0 Å². The predicted octanol–water partition coefficient (Wildman–Crippen LogP) is 4.04. The lowest BCUT2D eigenvalue weighted by Crippen LogP contribution is -2.38. The minimum atomic E-state index is -3.70. The quantitative estimate of drug-likeness (QED) is 0.862. The van der Waals surface area contributed by atoms with Gasteiger partial charge in [-0.05, 0) is 61.6 Å². The van der Waals surface area contributed by atoms with Gasteiger partial charge in [0.1, 0.15) is 0 Å². The van der Waals surface area contributed by atoms with E-state index in [2.05, 4.69) is 4.72 Å². The molecular weight excluding hydrogens is 360 g/mol. The van der Waals surface area contributed by atoms with Crippen molar-refractivity contribution in [1.29, 1.82) is 0 Å². The molecule has 0 unspecified atom stereocenters. The lowest BCUT2D eigenvalue weighted by molar-refractivity contribution is -0.121. The van der Waals surface area contributed by atoms with E-state index < -0.39 is 10.0 Å². The maximum Gasteiger partial charge on any atom is 0.262 e. The Hall–Kier alpha value is -2.34. The molecule has 1 heterocycles. The van der Waals surface area contributed by atoms with Crippen molar-refractivity contribution in [1.82, 2.24) is 0 Å². The molecule has 1 aliphatic rings. The number of aryl methyl sites for hydroxylation is 2. The van der Waals surface area contributed by atoms with E-state index in [1.165, 1.54) is 0 Å². The monoisotopic (exact) mass is 386 g/mol. The van der Waals surface area contributed by atoms with Crippen LogP contribution in [0.3, 0.4) is 0 Å². The van der Waals surface area contributed by atoms with Gasteiger partial charge in [-0.15, -0.1) is 0 Å². The second-order valence-corrected chi connectivity index (χ2v) is 9.05. The van der Waals surface area contributed by atoms with Crippen molar-refractivity contribution in [2.75, 3.05) is 16.2 Å². The molecule has 0 fully saturated rings. The molecule has 0 saturated carbocycles. The van der Waals surface area contributed by atoms with Gasteiger partial charge in [0.2, 0.25) is 5.91 Å². The number of nitrogens with one attached hydrogen (secondary N) is 1. The fraction of sp³-hybridized carbons (Fsp3) is 0.381. The number of fused-ring (bicyclic) bond motifs is 1. The summed E-state index contributed by atoms with van der Waals surface area (Å²) in [4.78, 5) is 14.6. The number of rotatable bonds is 4. The Balaban J connectivity index is 1.96. The Morgan fingerprint density at radius 1 is 1.15 bits per heavy atom. The summed E-state index contributed by atoms with van der Waals surface area (Å²) in [5.74, 6) is -0.0447. The number of hydrogen-bond donors (Lipinski definition) is 1. The zero-order valence-corrected chi connectivity index (χ0v) is 17.1. The molecule has 0 spiro atoms. The van der Waals surface area contributed by atoms with Crippen LogP contribution in [0.2, 0.25) is 0 Å². The van der Waals surface area contributed by atoms with Crippen molar-refractivity contribution in [3.05, 3.63) is 53.1 Å². The summed E-state index contributed by atoms with van der Waals surface area (Å²) < 4.78 is 28.4. The third kappa shape index (κ3) is 3.86. The van der Waals surface area contributed by atoms with E-state index in [-0.39, 0.29) is 16.7 Å². The highest BCUT2D eigenvalue weighted by molar-refractivity contribution is 7.92. The lowest BCUT2D eigenvalue weighted by Gasteiger charge is -2.31. The molecule has 2 aromatic carbocycles. The summed E-state index contributed by atoms with van der Waals surface area (Å²) in [5, 5.41) is 0. The summed E-state index contributed by atoms with van der Waals surface area (Å²) in [5.41, 5.74) is 4.01. The van der Waals surface area contributed by atoms with Gasteiger partial charge in [0.15, 0.2) is 0 Å². The molecule has 0 bridgehead atoms. The topological polar surface area (TPSA) is 66.5 Å². The number of anilines is 2. The molecule has 0 atom stereocenters. The third-order valence-corrected chi connectivity index (χ3v) is 6.59. The first-order chi connectivity index (χ1) is 12.7. The Labute approximate surface area is 161 Å². The third-order valence-electron chi connectivity index (χ3n) is 5.06. The van der Waals surface area contributed by atoms with Crippen LogP contribution in [0.15, 0.2) is 41.3 Å². The summed E-state index contributed by atoms with van der Waals surface area (Å²) in [6.07, 6.45) is 1.81. The Kier molecular flexibility index (Phi) is 5.29. The van der Waals surface area contributed by atoms with Gasteiger partial charge >= 0.3 is 0 Å². The Morgan fingerprint density at radius 2 is 1.89 bits per heavy atom. The van der Waals surface area contributed by atoms with Crippen molar-refractivity contribution >= 4 is 27.3 Å². The van der Waals surface area contributed by atoms with E-state index >= 15 is 0 Å². The van der Waals surface area contributed by atoms with Crippen molar-refractivity contribution in [2.45, 2.75) is 45.4 Å². The van der Waals surface area contributed by atoms with Crippen LogP contribution in [-0.4, -0.2) is 20.9 Å². The minimum Gasteiger partial charge on any atom is -0.312 e. The first-order valence-electron chi connectivity index (χ1n) is 9.24. The standard InChI is InChI=1S/C21H26N2O3S/c1-14(2)21(24)23-12-6-8-17-10-11-18(13-19(17)23)22-27(25,26)20-9-5-7-15(3)16(20)4/h5,7,9-11,13-14,22H,6,8,12H2,1-4H3. The first kappa shape index (κ1) is 19.4. The first-order valence-corrected chi connectivity index (χ1v) is 10.7. The average molecular weight is 387 g/mol. The van der Waals surface area contributed by atoms with E-state index in [1.54, 1.807) is 36.1 Å². The number of nitrogens with zero attached hydrogens (tertiary/aromatic N) is 1. The Morgan fingerprint density at radius 3 is 2.59 bits per heavy atom. The van der Waals surface area contributed by atoms with Gasteiger partial charge in [-0.25, -0.2) is 8.42 Å². The number of benzene rings is 2. The van der Waals surface area contributed by atoms with Gasteiger partial charge in [-0.2, -0.15) is 0 Å². The fourth-order valence-electron chi connectivity index (χ4n) is 3.40. The van der Waals surface area contributed by atoms with Crippen LogP contribution in [-0.2, 0) is 21.2 Å². The molecule has 5 nitrogen and oxygen atoms in total. The van der Waals surface area contributed by atoms with E-state index in [4.69, 9.17) is 0 Å². The maximum absolute atomic E-state index is 12.9. The highest BCUT2D eigenvalue weighted by Crippen LogP contribution is 2.32. The average Bonchev–Trinajstić information content (AvgIpc) is 2.62. The molecule has 144 valence electrons. The molecule has 0 saturated heterocycles. The second kappa shape index (κ2) is 7.35. The van der Waals surface area contributed by atoms with Gasteiger partial charge < -0.3 is 4.90 Å². The predicted molar refractivity (Wildman–Crippen MR) is 109 cm³/mol. The molecule has 1 aliphatic heterocycles. The van der Waals surface area contributed by atoms with Crippen molar-refractivity contribution < 1.29 is 13.2 Å². The highest BCUT2D eigenvalue weighted by Gasteiger charge is 2.25. The van der Waals surface area contributed by atoms with Crippen LogP contribution in [0.25, 0.3) is 0 Å². The van der Waals surface area contributed by atoms with E-state index in [0.717, 1.165) is 35.2 Å². The van der Waals surface area contributed by atoms with Crippen LogP contribution < -0.4 is 9.62 Å². The number of carbonyl (C=O) groups excluding carboxylic acids is 1. The summed E-state index contributed by atoms with van der Waals surface area (Å²) in [7, 11) is -3.70. The highest BCUT2D eigenvalue weighted by atomic mass is 32.2. The smallest absolute Gasteiger partial charge is 0.262 e. The minimum absolute atomic E-state index is 0.0606. The molecular formula is C21H26N2O3S. The van der Waals surface area contributed by atoms with Crippen LogP contribution in [0.1, 0.15) is 37.0 Å². The van der Waals surface area contributed by atoms with Crippen molar-refractivity contribution in [3.63, 3.8) is 0 Å². The molecule has 1 N–H and O–H groups in total. The fourth-order valence-corrected chi connectivity index (χ4v) is 4.77. The number of carbonyl (C=O) groups is 1. The summed E-state index contributed by atoms with van der Waals surface area (Å²) >= 11 is 0. The molecule has 0 aliphatic carbocycles. The number of sulfonamides is 1. The zero-order valence-electron chi connectivity index (χ0n) is 16.2. The second-order valence-electron chi connectivity index (χ2n) is 7.40. The van der Waals surface area contributed by atoms with Gasteiger partial charge in [0, 0.05) is 18.2 Å². The number of amides is 1. The van der Waals surface area contributed by atoms with Crippen molar-refractivity contribution in [3.8, 4) is 0 Å². The molecule has 6 heteroatoms. The van der Waals surface area contributed by atoms with Crippen LogP contribution in [0, 0.1) is 19.8 Å². The lowest BCUT2D eigenvalue weighted by atomic mass is 9.99. The van der Waals surface area contributed by atoms with Crippen molar-refractivity contribution in [2.24, 2.45) is 5.92 Å². The van der Waals surface area contributed by atoms with Gasteiger partial charge in [0.25, 0.3) is 10.0 Å². The largest absolute Gasteiger partial charge is 0.312 e. The summed E-state index contributed by atoms with van der Waals surface area (Å²) in [6.45, 7) is 8.12. The summed E-state index contributed by atoms with van der Waals surface area (Å²) in [6, 6.07) is 10.7. The molecule has 27 heavy (non-hydrogen) atoms. The molecule has 3 rings (SSSR count). The van der Waals surface area contributed by atoms with E-state index in [0.29, 0.717) is 12.2 Å². The van der Waals surface area contributed by atoms with Crippen LogP contribution in [0.5, 0.6) is 0 Å². The van der Waals surface area contributed by atoms with Gasteiger partial charge in [0.05, 0.1) is 10.6 Å². The normalized spacial score (nSPS) is 14.2. The van der Waals surface area contributed by atoms with Gasteiger partial charge in [-0.1, -0.05) is 32.0 Å². The zero-order chi connectivity index (χ0) is 19.8. The SMILES string of the molecule is Cc1cccc(S(=O)(=O)Nc2ccc3c(c2)N(C(=O)C(C)C)CCC3)c1C. The van der Waals surface area contributed by atoms with E-state index in [9.17, 15) is 13.2 Å². The number of hydrogen-bond acceptors (Lipinski definition) is 3. The Bertz CT molecular complexity index is 981. The maximum atomic E-state index is 12.9. The molecule has 1 amide bonds. The van der Waals surface area contributed by atoms with E-state index in [1.807, 2.05) is 32.9 Å². The molecule has 0 radical (unpaired) electrons. The van der Waals surface area contributed by atoms with Crippen LogP contribution in [0.4, 0.5) is 11.4 Å². The molecule has 0 aromatic heterocycles. The molecule has 2 aromatic rings.